The number of carboxylic acid groups (broad SMARTS) is 1. The number of rotatable bonds is 3. The summed E-state index contributed by atoms with van der Waals surface area (Å²) in [6.45, 7) is 1.99. The summed E-state index contributed by atoms with van der Waals surface area (Å²) in [6, 6.07) is 9.04. The number of carbonyl (C=O) groups is 1. The van der Waals surface area contributed by atoms with E-state index in [9.17, 15) is 4.79 Å². The summed E-state index contributed by atoms with van der Waals surface area (Å²) in [5.41, 5.74) is 2.88. The minimum Gasteiger partial charge on any atom is -0.496 e. The standard InChI is InChI=1S/C14H13NO3/c1-9-3-6-13(18-2)11(7-9)10-4-5-12(14(16)17)15-8-10/h3-8H,1-2H3,(H,16,17). The van der Waals surface area contributed by atoms with E-state index < -0.39 is 5.97 Å². The van der Waals surface area contributed by atoms with Gasteiger partial charge in [-0.25, -0.2) is 9.78 Å². The third-order valence-electron chi connectivity index (χ3n) is 2.65. The molecule has 0 aliphatic rings. The normalized spacial score (nSPS) is 10.1. The molecular formula is C14H13NO3. The first-order valence-corrected chi connectivity index (χ1v) is 5.46. The number of hydrogen-bond donors (Lipinski definition) is 1. The van der Waals surface area contributed by atoms with Gasteiger partial charge in [-0.3, -0.25) is 0 Å². The van der Waals surface area contributed by atoms with Crippen molar-refractivity contribution in [3.63, 3.8) is 0 Å². The zero-order chi connectivity index (χ0) is 13.1. The quantitative estimate of drug-likeness (QED) is 0.900. The Morgan fingerprint density at radius 3 is 2.61 bits per heavy atom. The van der Waals surface area contributed by atoms with Crippen molar-refractivity contribution in [1.29, 1.82) is 0 Å². The lowest BCUT2D eigenvalue weighted by atomic mass is 10.0. The van der Waals surface area contributed by atoms with Crippen molar-refractivity contribution in [2.45, 2.75) is 6.92 Å². The van der Waals surface area contributed by atoms with Crippen LogP contribution in [0.15, 0.2) is 36.5 Å². The van der Waals surface area contributed by atoms with Crippen LogP contribution in [0, 0.1) is 6.92 Å². The van der Waals surface area contributed by atoms with Crippen LogP contribution < -0.4 is 4.74 Å². The maximum absolute atomic E-state index is 10.7. The number of benzene rings is 1. The predicted octanol–water partition coefficient (Wildman–Crippen LogP) is 2.76. The molecule has 0 aliphatic carbocycles. The molecule has 0 radical (unpaired) electrons. The molecule has 0 fully saturated rings. The number of aryl methyl sites for hydroxylation is 1. The minimum absolute atomic E-state index is 0.0327. The summed E-state index contributed by atoms with van der Waals surface area (Å²) < 4.78 is 5.29. The summed E-state index contributed by atoms with van der Waals surface area (Å²) in [4.78, 5) is 14.6. The van der Waals surface area contributed by atoms with Crippen molar-refractivity contribution in [1.82, 2.24) is 4.98 Å². The van der Waals surface area contributed by atoms with E-state index in [0.29, 0.717) is 0 Å². The SMILES string of the molecule is COc1ccc(C)cc1-c1ccc(C(=O)O)nc1. The van der Waals surface area contributed by atoms with Gasteiger partial charge < -0.3 is 9.84 Å². The van der Waals surface area contributed by atoms with Gasteiger partial charge >= 0.3 is 5.97 Å². The highest BCUT2D eigenvalue weighted by atomic mass is 16.5. The molecule has 0 spiro atoms. The van der Waals surface area contributed by atoms with Crippen molar-refractivity contribution >= 4 is 5.97 Å². The molecule has 92 valence electrons. The molecule has 4 heteroatoms. The maximum atomic E-state index is 10.7. The molecule has 0 unspecified atom stereocenters. The number of carboxylic acids is 1. The molecule has 1 heterocycles. The van der Waals surface area contributed by atoms with Crippen LogP contribution in [0.4, 0.5) is 0 Å². The minimum atomic E-state index is -1.03. The lowest BCUT2D eigenvalue weighted by Crippen LogP contribution is -1.99. The lowest BCUT2D eigenvalue weighted by molar-refractivity contribution is 0.0690. The monoisotopic (exact) mass is 243 g/mol. The Hall–Kier alpha value is -2.36. The molecule has 1 aromatic heterocycles. The highest BCUT2D eigenvalue weighted by Crippen LogP contribution is 2.30. The Morgan fingerprint density at radius 1 is 1.28 bits per heavy atom. The predicted molar refractivity (Wildman–Crippen MR) is 67.9 cm³/mol. The summed E-state index contributed by atoms with van der Waals surface area (Å²) in [5, 5.41) is 8.80. The first-order chi connectivity index (χ1) is 8.61. The molecule has 2 rings (SSSR count). The largest absolute Gasteiger partial charge is 0.496 e. The molecule has 0 saturated heterocycles. The van der Waals surface area contributed by atoms with E-state index in [1.54, 1.807) is 19.4 Å². The van der Waals surface area contributed by atoms with Crippen LogP contribution in [0.3, 0.4) is 0 Å². The number of aromatic nitrogens is 1. The summed E-state index contributed by atoms with van der Waals surface area (Å²) in [7, 11) is 1.60. The highest BCUT2D eigenvalue weighted by molar-refractivity contribution is 5.86. The molecule has 2 aromatic rings. The van der Waals surface area contributed by atoms with Crippen LogP contribution in [0.1, 0.15) is 16.1 Å². The number of ether oxygens (including phenoxy) is 1. The fourth-order valence-electron chi connectivity index (χ4n) is 1.73. The molecule has 0 saturated carbocycles. The Bertz CT molecular complexity index is 576. The Morgan fingerprint density at radius 2 is 2.06 bits per heavy atom. The molecular weight excluding hydrogens is 230 g/mol. The van der Waals surface area contributed by atoms with Gasteiger partial charge in [0.2, 0.25) is 0 Å². The van der Waals surface area contributed by atoms with Crippen LogP contribution in [0.25, 0.3) is 11.1 Å². The number of nitrogens with zero attached hydrogens (tertiary/aromatic N) is 1. The van der Waals surface area contributed by atoms with Crippen LogP contribution in [-0.4, -0.2) is 23.2 Å². The van der Waals surface area contributed by atoms with Gasteiger partial charge in [0.05, 0.1) is 7.11 Å². The van der Waals surface area contributed by atoms with Crippen molar-refractivity contribution in [3.05, 3.63) is 47.8 Å². The highest BCUT2D eigenvalue weighted by Gasteiger charge is 2.08. The van der Waals surface area contributed by atoms with Gasteiger partial charge in [-0.2, -0.15) is 0 Å². The van der Waals surface area contributed by atoms with E-state index in [2.05, 4.69) is 4.98 Å². The topological polar surface area (TPSA) is 59.4 Å². The third-order valence-corrected chi connectivity index (χ3v) is 2.65. The number of hydrogen-bond acceptors (Lipinski definition) is 3. The number of aromatic carboxylic acids is 1. The van der Waals surface area contributed by atoms with Crippen LogP contribution in [0.2, 0.25) is 0 Å². The lowest BCUT2D eigenvalue weighted by Gasteiger charge is -2.09. The average molecular weight is 243 g/mol. The average Bonchev–Trinajstić information content (AvgIpc) is 2.39. The summed E-state index contributed by atoms with van der Waals surface area (Å²) in [6.07, 6.45) is 1.54. The summed E-state index contributed by atoms with van der Waals surface area (Å²) >= 11 is 0. The number of methoxy groups -OCH3 is 1. The third kappa shape index (κ3) is 2.32. The zero-order valence-electron chi connectivity index (χ0n) is 10.2. The van der Waals surface area contributed by atoms with Gasteiger partial charge in [0.25, 0.3) is 0 Å². The van der Waals surface area contributed by atoms with Crippen molar-refractivity contribution < 1.29 is 14.6 Å². The molecule has 1 N–H and O–H groups in total. The Kier molecular flexibility index (Phi) is 3.28. The van der Waals surface area contributed by atoms with Gasteiger partial charge in [0, 0.05) is 17.3 Å². The van der Waals surface area contributed by atoms with Crippen LogP contribution >= 0.6 is 0 Å². The smallest absolute Gasteiger partial charge is 0.354 e. The van der Waals surface area contributed by atoms with E-state index >= 15 is 0 Å². The molecule has 0 amide bonds. The fourth-order valence-corrected chi connectivity index (χ4v) is 1.73. The summed E-state index contributed by atoms with van der Waals surface area (Å²) in [5.74, 6) is -0.289. The molecule has 4 nitrogen and oxygen atoms in total. The first-order valence-electron chi connectivity index (χ1n) is 5.46. The second-order valence-corrected chi connectivity index (χ2v) is 3.94. The van der Waals surface area contributed by atoms with Gasteiger partial charge in [-0.15, -0.1) is 0 Å². The van der Waals surface area contributed by atoms with Crippen molar-refractivity contribution in [3.8, 4) is 16.9 Å². The molecule has 1 aromatic carbocycles. The van der Waals surface area contributed by atoms with Crippen molar-refractivity contribution in [2.24, 2.45) is 0 Å². The molecule has 0 aliphatic heterocycles. The first kappa shape index (κ1) is 12.1. The second kappa shape index (κ2) is 4.87. The zero-order valence-corrected chi connectivity index (χ0v) is 10.2. The van der Waals surface area contributed by atoms with Gasteiger partial charge in [0.1, 0.15) is 11.4 Å². The fraction of sp³-hybridized carbons (Fsp3) is 0.143. The number of pyridine rings is 1. The van der Waals surface area contributed by atoms with E-state index in [1.165, 1.54) is 6.07 Å². The maximum Gasteiger partial charge on any atom is 0.354 e. The van der Waals surface area contributed by atoms with E-state index in [0.717, 1.165) is 22.4 Å². The molecule has 18 heavy (non-hydrogen) atoms. The van der Waals surface area contributed by atoms with Gasteiger partial charge in [-0.1, -0.05) is 17.7 Å². The Balaban J connectivity index is 2.48. The van der Waals surface area contributed by atoms with Gasteiger partial charge in [0.15, 0.2) is 0 Å². The molecule has 0 bridgehead atoms. The second-order valence-electron chi connectivity index (χ2n) is 3.94. The van der Waals surface area contributed by atoms with Crippen LogP contribution in [-0.2, 0) is 0 Å². The van der Waals surface area contributed by atoms with Crippen molar-refractivity contribution in [2.75, 3.05) is 7.11 Å². The molecule has 0 atom stereocenters. The Labute approximate surface area is 105 Å². The van der Waals surface area contributed by atoms with E-state index in [1.807, 2.05) is 25.1 Å². The van der Waals surface area contributed by atoms with Crippen LogP contribution in [0.5, 0.6) is 5.75 Å². The van der Waals surface area contributed by atoms with Gasteiger partial charge in [-0.05, 0) is 25.1 Å². The van der Waals surface area contributed by atoms with E-state index in [-0.39, 0.29) is 5.69 Å². The van der Waals surface area contributed by atoms with E-state index in [4.69, 9.17) is 9.84 Å².